The Labute approximate surface area is 121 Å². The molecule has 3 nitrogen and oxygen atoms in total. The van der Waals surface area contributed by atoms with Crippen LogP contribution in [0.15, 0.2) is 18.2 Å². The van der Waals surface area contributed by atoms with E-state index in [1.165, 1.54) is 31.4 Å². The first-order valence-electron chi connectivity index (χ1n) is 7.17. The van der Waals surface area contributed by atoms with Crippen molar-refractivity contribution in [1.82, 2.24) is 0 Å². The summed E-state index contributed by atoms with van der Waals surface area (Å²) in [6.07, 6.45) is -0.807. The van der Waals surface area contributed by atoms with Crippen LogP contribution in [0.1, 0.15) is 30.4 Å². The highest BCUT2D eigenvalue weighted by molar-refractivity contribution is 5.97. The molecule has 0 spiro atoms. The number of benzene rings is 1. The average Bonchev–Trinajstić information content (AvgIpc) is 2.97. The predicted octanol–water partition coefficient (Wildman–Crippen LogP) is 3.23. The van der Waals surface area contributed by atoms with Crippen LogP contribution in [-0.4, -0.2) is 18.9 Å². The van der Waals surface area contributed by atoms with Crippen molar-refractivity contribution in [3.63, 3.8) is 0 Å². The molecule has 2 unspecified atom stereocenters. The fraction of sp³-hybridized carbons (Fsp3) is 0.533. The molecule has 0 radical (unpaired) electrons. The summed E-state index contributed by atoms with van der Waals surface area (Å²) in [4.78, 5) is 2.13. The van der Waals surface area contributed by atoms with Crippen molar-refractivity contribution in [2.45, 2.75) is 25.4 Å². The summed E-state index contributed by atoms with van der Waals surface area (Å²) in [5.74, 6) is 0.782. The largest absolute Gasteiger partial charge is 0.417 e. The lowest BCUT2D eigenvalue weighted by Crippen LogP contribution is -2.23. The summed E-state index contributed by atoms with van der Waals surface area (Å²) in [7, 11) is 0. The number of alkyl halides is 3. The molecule has 1 aliphatic carbocycles. The van der Waals surface area contributed by atoms with Gasteiger partial charge >= 0.3 is 6.18 Å². The maximum absolute atomic E-state index is 12.9. The third-order valence-electron chi connectivity index (χ3n) is 4.69. The van der Waals surface area contributed by atoms with Crippen LogP contribution >= 0.6 is 0 Å². The van der Waals surface area contributed by atoms with Gasteiger partial charge in [-0.15, -0.1) is 0 Å². The second kappa shape index (κ2) is 4.93. The number of rotatable bonds is 2. The molecule has 3 N–H and O–H groups in total. The van der Waals surface area contributed by atoms with Crippen molar-refractivity contribution in [2.75, 3.05) is 18.0 Å². The fourth-order valence-electron chi connectivity index (χ4n) is 3.64. The monoisotopic (exact) mass is 297 g/mol. The van der Waals surface area contributed by atoms with Gasteiger partial charge in [0.1, 0.15) is 5.84 Å². The minimum atomic E-state index is -4.49. The molecule has 2 atom stereocenters. The minimum absolute atomic E-state index is 0.225. The lowest BCUT2D eigenvalue weighted by atomic mass is 10.0. The van der Waals surface area contributed by atoms with Gasteiger partial charge in [0, 0.05) is 24.3 Å². The van der Waals surface area contributed by atoms with Crippen LogP contribution in [0.25, 0.3) is 0 Å². The number of anilines is 1. The van der Waals surface area contributed by atoms with E-state index < -0.39 is 17.6 Å². The Hall–Kier alpha value is -1.72. The van der Waals surface area contributed by atoms with Gasteiger partial charge in [0.05, 0.1) is 5.56 Å². The molecule has 0 aromatic heterocycles. The summed E-state index contributed by atoms with van der Waals surface area (Å²) in [6, 6.07) is 3.95. The van der Waals surface area contributed by atoms with Crippen molar-refractivity contribution in [3.8, 4) is 0 Å². The van der Waals surface area contributed by atoms with Crippen LogP contribution < -0.4 is 10.6 Å². The van der Waals surface area contributed by atoms with E-state index >= 15 is 0 Å². The maximum Gasteiger partial charge on any atom is 0.417 e. The van der Waals surface area contributed by atoms with Crippen LogP contribution in [0.4, 0.5) is 18.9 Å². The quantitative estimate of drug-likeness (QED) is 0.650. The molecule has 1 aliphatic heterocycles. The number of nitrogens with one attached hydrogen (secondary N) is 1. The predicted molar refractivity (Wildman–Crippen MR) is 75.5 cm³/mol. The number of nitrogens with zero attached hydrogens (tertiary/aromatic N) is 1. The highest BCUT2D eigenvalue weighted by Crippen LogP contribution is 2.40. The molecule has 3 rings (SSSR count). The number of nitrogens with two attached hydrogens (primary N) is 1. The minimum Gasteiger partial charge on any atom is -0.384 e. The van der Waals surface area contributed by atoms with Crippen LogP contribution in [0.3, 0.4) is 0 Å². The number of nitrogen functional groups attached to an aromatic ring is 1. The van der Waals surface area contributed by atoms with Crippen LogP contribution in [0.5, 0.6) is 0 Å². The number of halogens is 3. The zero-order chi connectivity index (χ0) is 15.2. The van der Waals surface area contributed by atoms with Gasteiger partial charge in [-0.05, 0) is 42.9 Å². The number of fused-ring (bicyclic) bond motifs is 1. The molecule has 6 heteroatoms. The summed E-state index contributed by atoms with van der Waals surface area (Å²) in [5, 5.41) is 7.41. The smallest absolute Gasteiger partial charge is 0.384 e. The van der Waals surface area contributed by atoms with Crippen molar-refractivity contribution in [2.24, 2.45) is 17.6 Å². The molecule has 1 heterocycles. The van der Waals surface area contributed by atoms with Gasteiger partial charge in [0.15, 0.2) is 0 Å². The first kappa shape index (κ1) is 14.2. The molecule has 1 saturated heterocycles. The van der Waals surface area contributed by atoms with Crippen LogP contribution in [-0.2, 0) is 6.18 Å². The Morgan fingerprint density at radius 2 is 1.81 bits per heavy atom. The van der Waals surface area contributed by atoms with E-state index in [2.05, 4.69) is 4.90 Å². The highest BCUT2D eigenvalue weighted by Gasteiger charge is 2.38. The summed E-state index contributed by atoms with van der Waals surface area (Å²) >= 11 is 0. The van der Waals surface area contributed by atoms with Gasteiger partial charge in [-0.25, -0.2) is 0 Å². The topological polar surface area (TPSA) is 53.1 Å². The van der Waals surface area contributed by atoms with Gasteiger partial charge in [-0.3, -0.25) is 5.41 Å². The number of hydrogen-bond donors (Lipinski definition) is 2. The van der Waals surface area contributed by atoms with Crippen molar-refractivity contribution in [3.05, 3.63) is 29.3 Å². The van der Waals surface area contributed by atoms with E-state index in [0.717, 1.165) is 24.8 Å². The lowest BCUT2D eigenvalue weighted by Gasteiger charge is -2.22. The van der Waals surface area contributed by atoms with E-state index in [0.29, 0.717) is 11.8 Å². The van der Waals surface area contributed by atoms with Crippen molar-refractivity contribution < 1.29 is 13.2 Å². The molecule has 1 aromatic rings. The first-order chi connectivity index (χ1) is 9.86. The molecule has 1 saturated carbocycles. The van der Waals surface area contributed by atoms with E-state index in [1.807, 2.05) is 0 Å². The standard InChI is InChI=1S/C15H18F3N3/c16-15(17,18)13-5-4-11(6-12(13)14(19)20)21-7-9-2-1-3-10(9)8-21/h4-6,9-10H,1-3,7-8H2,(H3,19,20). The Bertz CT molecular complexity index is 556. The molecular weight excluding hydrogens is 279 g/mol. The van der Waals surface area contributed by atoms with Crippen molar-refractivity contribution >= 4 is 11.5 Å². The molecule has 2 fully saturated rings. The number of amidine groups is 1. The highest BCUT2D eigenvalue weighted by atomic mass is 19.4. The average molecular weight is 297 g/mol. The van der Waals surface area contributed by atoms with Crippen molar-refractivity contribution in [1.29, 1.82) is 5.41 Å². The molecule has 21 heavy (non-hydrogen) atoms. The second-order valence-corrected chi connectivity index (χ2v) is 6.00. The second-order valence-electron chi connectivity index (χ2n) is 6.00. The summed E-state index contributed by atoms with van der Waals surface area (Å²) < 4.78 is 38.8. The Morgan fingerprint density at radius 3 is 2.33 bits per heavy atom. The zero-order valence-electron chi connectivity index (χ0n) is 11.6. The molecule has 114 valence electrons. The third-order valence-corrected chi connectivity index (χ3v) is 4.69. The summed E-state index contributed by atoms with van der Waals surface area (Å²) in [6.45, 7) is 1.79. The molecule has 2 aliphatic rings. The van der Waals surface area contributed by atoms with E-state index in [1.54, 1.807) is 0 Å². The van der Waals surface area contributed by atoms with Crippen LogP contribution in [0, 0.1) is 17.2 Å². The fourth-order valence-corrected chi connectivity index (χ4v) is 3.64. The molecule has 1 aromatic carbocycles. The Morgan fingerprint density at radius 1 is 1.19 bits per heavy atom. The number of hydrogen-bond acceptors (Lipinski definition) is 2. The van der Waals surface area contributed by atoms with E-state index in [4.69, 9.17) is 11.1 Å². The first-order valence-corrected chi connectivity index (χ1v) is 7.17. The third kappa shape index (κ3) is 2.59. The van der Waals surface area contributed by atoms with Crippen LogP contribution in [0.2, 0.25) is 0 Å². The molecule has 0 bridgehead atoms. The van der Waals surface area contributed by atoms with Gasteiger partial charge in [0.2, 0.25) is 0 Å². The summed E-state index contributed by atoms with van der Waals surface area (Å²) in [5.41, 5.74) is 5.01. The van der Waals surface area contributed by atoms with Gasteiger partial charge in [-0.1, -0.05) is 6.42 Å². The molecular formula is C15H18F3N3. The van der Waals surface area contributed by atoms with E-state index in [-0.39, 0.29) is 5.56 Å². The lowest BCUT2D eigenvalue weighted by molar-refractivity contribution is -0.137. The van der Waals surface area contributed by atoms with Gasteiger partial charge in [0.25, 0.3) is 0 Å². The van der Waals surface area contributed by atoms with E-state index in [9.17, 15) is 13.2 Å². The van der Waals surface area contributed by atoms with Gasteiger partial charge < -0.3 is 10.6 Å². The SMILES string of the molecule is N=C(N)c1cc(N2CC3CCCC3C2)ccc1C(F)(F)F. The maximum atomic E-state index is 12.9. The Kier molecular flexibility index (Phi) is 3.34. The molecule has 0 amide bonds. The van der Waals surface area contributed by atoms with Gasteiger partial charge in [-0.2, -0.15) is 13.2 Å². The zero-order valence-corrected chi connectivity index (χ0v) is 11.6. The normalized spacial score (nSPS) is 25.2. The Balaban J connectivity index is 1.91.